The maximum absolute atomic E-state index is 11.0. The monoisotopic (exact) mass is 440 g/mol. The second-order valence-electron chi connectivity index (χ2n) is 7.04. The van der Waals surface area contributed by atoms with Crippen LogP contribution in [0.15, 0.2) is 0 Å². The number of unbranched alkanes of at least 4 members (excludes halogenated alkanes) is 9. The molecule has 0 saturated heterocycles. The first-order chi connectivity index (χ1) is 12.0. The summed E-state index contributed by atoms with van der Waals surface area (Å²) < 4.78 is 67.0. The topological polar surface area (TPSA) is 118 Å². The molecule has 0 amide bonds. The van der Waals surface area contributed by atoms with Gasteiger partial charge in [0.05, 0.1) is 12.2 Å². The van der Waals surface area contributed by atoms with Crippen molar-refractivity contribution >= 4 is 20.2 Å². The minimum absolute atomic E-state index is 0. The van der Waals surface area contributed by atoms with Crippen LogP contribution >= 0.6 is 0 Å². The Hall–Kier alpha value is 0.780. The van der Waals surface area contributed by atoms with Gasteiger partial charge in [0.25, 0.3) is 20.2 Å². The van der Waals surface area contributed by atoms with E-state index in [2.05, 4.69) is 6.92 Å². The van der Waals surface area contributed by atoms with Crippen LogP contribution in [0, 0.1) is 0 Å². The second-order valence-corrected chi connectivity index (χ2v) is 10.0. The predicted molar refractivity (Wildman–Crippen MR) is 105 cm³/mol. The molecule has 27 heavy (non-hydrogen) atoms. The Kier molecular flexibility index (Phi) is 18.4. The summed E-state index contributed by atoms with van der Waals surface area (Å²) >= 11 is 0. The van der Waals surface area contributed by atoms with Gasteiger partial charge in [0.15, 0.2) is 0 Å². The third-order valence-electron chi connectivity index (χ3n) is 4.18. The summed E-state index contributed by atoms with van der Waals surface area (Å²) in [5.41, 5.74) is 0. The number of hydrogen-bond acceptors (Lipinski definition) is 5. The van der Waals surface area contributed by atoms with Crippen molar-refractivity contribution in [2.24, 2.45) is 0 Å². The minimum atomic E-state index is -4.39. The Morgan fingerprint density at radius 1 is 0.778 bits per heavy atom. The Balaban J connectivity index is -0.00000312. The van der Waals surface area contributed by atoms with Gasteiger partial charge in [0.2, 0.25) is 0 Å². The van der Waals surface area contributed by atoms with E-state index in [4.69, 9.17) is 13.8 Å². The summed E-state index contributed by atoms with van der Waals surface area (Å²) in [5, 5.41) is 0. The van der Waals surface area contributed by atoms with Gasteiger partial charge in [0.1, 0.15) is 11.5 Å². The van der Waals surface area contributed by atoms with E-state index in [0.29, 0.717) is 6.42 Å². The predicted octanol–water partition coefficient (Wildman–Crippen LogP) is 0.963. The molecule has 7 nitrogen and oxygen atoms in total. The quantitative estimate of drug-likeness (QED) is 0.196. The normalized spacial score (nSPS) is 13.5. The Morgan fingerprint density at radius 3 is 1.52 bits per heavy atom. The van der Waals surface area contributed by atoms with Gasteiger partial charge in [-0.15, -0.1) is 0 Å². The first kappa shape index (κ1) is 30.0. The average Bonchev–Trinajstić information content (AvgIpc) is 2.45. The van der Waals surface area contributed by atoms with Crippen LogP contribution in [0.4, 0.5) is 0 Å². The van der Waals surface area contributed by atoms with Gasteiger partial charge in [-0.3, -0.25) is 9.11 Å². The van der Waals surface area contributed by atoms with E-state index in [1.165, 1.54) is 44.9 Å². The molecule has 0 aromatic carbocycles. The third-order valence-corrected chi connectivity index (χ3v) is 5.77. The van der Waals surface area contributed by atoms with Crippen LogP contribution in [0.2, 0.25) is 0 Å². The Labute approximate surface area is 189 Å². The molecule has 160 valence electrons. The molecule has 0 rings (SSSR count). The number of rotatable bonds is 17. The third kappa shape index (κ3) is 22.9. The molecule has 0 radical (unpaired) electrons. The van der Waals surface area contributed by atoms with Crippen molar-refractivity contribution in [2.75, 3.05) is 11.5 Å². The zero-order chi connectivity index (χ0) is 20.1. The van der Waals surface area contributed by atoms with E-state index in [1.54, 1.807) is 6.92 Å². The zero-order valence-corrected chi connectivity index (χ0v) is 20.7. The smallest absolute Gasteiger partial charge is 1.00 e. The maximum atomic E-state index is 11.0. The molecule has 0 bridgehead atoms. The first-order valence-corrected chi connectivity index (χ1v) is 12.8. The SMILES string of the molecule is CCCCCCCCCCCCC(C)OC(CS(=O)(=O)O)CS(=O)(=O)O.[H-].[Na+]. The van der Waals surface area contributed by atoms with E-state index in [0.717, 1.165) is 19.3 Å². The van der Waals surface area contributed by atoms with Crippen LogP contribution in [0.1, 0.15) is 85.9 Å². The van der Waals surface area contributed by atoms with Gasteiger partial charge >= 0.3 is 29.6 Å². The van der Waals surface area contributed by atoms with Gasteiger partial charge < -0.3 is 6.16 Å². The Morgan fingerprint density at radius 2 is 1.15 bits per heavy atom. The molecule has 0 aliphatic rings. The van der Waals surface area contributed by atoms with Gasteiger partial charge in [-0.2, -0.15) is 16.8 Å². The van der Waals surface area contributed by atoms with E-state index in [9.17, 15) is 16.8 Å². The molecule has 0 aromatic heterocycles. The summed E-state index contributed by atoms with van der Waals surface area (Å²) in [6, 6.07) is 0. The fourth-order valence-corrected chi connectivity index (χ4v) is 4.39. The van der Waals surface area contributed by atoms with Crippen molar-refractivity contribution in [3.05, 3.63) is 0 Å². The molecule has 0 spiro atoms. The van der Waals surface area contributed by atoms with E-state index >= 15 is 0 Å². The van der Waals surface area contributed by atoms with Crippen molar-refractivity contribution in [1.29, 1.82) is 0 Å². The van der Waals surface area contributed by atoms with Crippen molar-refractivity contribution < 1.29 is 61.7 Å². The van der Waals surface area contributed by atoms with Crippen LogP contribution in [0.25, 0.3) is 0 Å². The van der Waals surface area contributed by atoms with Crippen LogP contribution in [0.5, 0.6) is 0 Å². The molecule has 2 N–H and O–H groups in total. The maximum Gasteiger partial charge on any atom is 1.00 e. The molecular formula is C17H37NaO7S2. The van der Waals surface area contributed by atoms with Gasteiger partial charge in [-0.05, 0) is 13.3 Å². The first-order valence-electron chi connectivity index (χ1n) is 9.59. The van der Waals surface area contributed by atoms with Crippen molar-refractivity contribution in [3.63, 3.8) is 0 Å². The molecule has 0 saturated carbocycles. The van der Waals surface area contributed by atoms with Crippen LogP contribution < -0.4 is 29.6 Å². The fourth-order valence-electron chi connectivity index (χ4n) is 2.91. The van der Waals surface area contributed by atoms with Crippen LogP contribution in [-0.4, -0.2) is 49.7 Å². The molecule has 10 heteroatoms. The Bertz CT molecular complexity index is 522. The van der Waals surface area contributed by atoms with E-state index < -0.39 is 37.8 Å². The summed E-state index contributed by atoms with van der Waals surface area (Å²) in [6.45, 7) is 3.94. The summed E-state index contributed by atoms with van der Waals surface area (Å²) in [6.07, 6.45) is 11.1. The zero-order valence-electron chi connectivity index (χ0n) is 18.1. The van der Waals surface area contributed by atoms with E-state index in [1.807, 2.05) is 0 Å². The minimum Gasteiger partial charge on any atom is -1.00 e. The molecular weight excluding hydrogens is 403 g/mol. The second kappa shape index (κ2) is 16.6. The molecule has 0 fully saturated rings. The summed E-state index contributed by atoms with van der Waals surface area (Å²) in [7, 11) is -8.77. The van der Waals surface area contributed by atoms with E-state index in [-0.39, 0.29) is 37.1 Å². The fraction of sp³-hybridized carbons (Fsp3) is 1.00. The summed E-state index contributed by atoms with van der Waals surface area (Å²) in [5.74, 6) is -1.70. The largest absolute Gasteiger partial charge is 1.00 e. The van der Waals surface area contributed by atoms with Gasteiger partial charge in [-0.25, -0.2) is 0 Å². The van der Waals surface area contributed by atoms with Gasteiger partial charge in [-0.1, -0.05) is 71.1 Å². The molecule has 0 heterocycles. The van der Waals surface area contributed by atoms with Gasteiger partial charge in [0, 0.05) is 0 Å². The van der Waals surface area contributed by atoms with Crippen LogP contribution in [0.3, 0.4) is 0 Å². The summed E-state index contributed by atoms with van der Waals surface area (Å²) in [4.78, 5) is 0. The number of hydrogen-bond donors (Lipinski definition) is 2. The molecule has 0 aliphatic carbocycles. The molecule has 1 unspecified atom stereocenters. The van der Waals surface area contributed by atoms with Crippen molar-refractivity contribution in [1.82, 2.24) is 0 Å². The molecule has 1 atom stereocenters. The van der Waals surface area contributed by atoms with Crippen molar-refractivity contribution in [3.8, 4) is 0 Å². The molecule has 0 aliphatic heterocycles. The average molecular weight is 441 g/mol. The molecule has 0 aromatic rings. The standard InChI is InChI=1S/C17H36O7S2.Na.H/c1-3-4-5-6-7-8-9-10-11-12-13-16(2)24-17(14-25(18,19)20)15-26(21,22)23;;/h16-17H,3-15H2,1-2H3,(H,18,19,20)(H,21,22,23);;/q;+1;-1. The van der Waals surface area contributed by atoms with Crippen molar-refractivity contribution in [2.45, 2.75) is 96.7 Å². The number of ether oxygens (including phenoxy) is 1. The van der Waals surface area contributed by atoms with Crippen LogP contribution in [-0.2, 0) is 25.0 Å².